The number of amides is 1. The highest BCUT2D eigenvalue weighted by Gasteiger charge is 2.33. The molecule has 1 saturated heterocycles. The van der Waals surface area contributed by atoms with Gasteiger partial charge in [0.2, 0.25) is 5.91 Å². The molecule has 0 N–H and O–H groups in total. The van der Waals surface area contributed by atoms with Gasteiger partial charge in [0.05, 0.1) is 16.7 Å². The molecule has 5 nitrogen and oxygen atoms in total. The normalized spacial score (nSPS) is 24.9. The van der Waals surface area contributed by atoms with E-state index >= 15 is 0 Å². The molecule has 2 aliphatic carbocycles. The van der Waals surface area contributed by atoms with Crippen molar-refractivity contribution in [2.45, 2.75) is 69.0 Å². The van der Waals surface area contributed by atoms with E-state index in [1.807, 2.05) is 28.8 Å². The fourth-order valence-corrected chi connectivity index (χ4v) is 6.73. The topological polar surface area (TPSA) is 55.2 Å². The largest absolute Gasteiger partial charge is 0.342 e. The second-order valence-electron chi connectivity index (χ2n) is 9.25. The second kappa shape index (κ2) is 8.74. The van der Waals surface area contributed by atoms with Crippen LogP contribution < -0.4 is 5.56 Å². The molecule has 1 amide bonds. The molecule has 3 aliphatic rings. The molecular formula is C24H31N3O2S. The number of carbonyl (C=O) groups excluding carboxylic acids is 1. The summed E-state index contributed by atoms with van der Waals surface area (Å²) in [5, 5.41) is 1.39. The van der Waals surface area contributed by atoms with Gasteiger partial charge in [-0.2, -0.15) is 0 Å². The summed E-state index contributed by atoms with van der Waals surface area (Å²) >= 11 is 1.45. The van der Waals surface area contributed by atoms with Crippen LogP contribution in [0.15, 0.2) is 34.2 Å². The summed E-state index contributed by atoms with van der Waals surface area (Å²) in [6.07, 6.45) is 10.8. The van der Waals surface area contributed by atoms with Crippen molar-refractivity contribution in [3.05, 3.63) is 34.6 Å². The number of piperidine rings is 1. The maximum Gasteiger partial charge on any atom is 0.262 e. The van der Waals surface area contributed by atoms with Crippen LogP contribution in [-0.2, 0) is 4.79 Å². The Kier molecular flexibility index (Phi) is 5.85. The van der Waals surface area contributed by atoms with E-state index in [9.17, 15) is 9.59 Å². The van der Waals surface area contributed by atoms with E-state index in [-0.39, 0.29) is 17.5 Å². The van der Waals surface area contributed by atoms with Gasteiger partial charge in [0, 0.05) is 19.1 Å². The van der Waals surface area contributed by atoms with Crippen LogP contribution in [0.2, 0.25) is 0 Å². The van der Waals surface area contributed by atoms with Crippen molar-refractivity contribution in [2.24, 2.45) is 11.8 Å². The highest BCUT2D eigenvalue weighted by Crippen LogP contribution is 2.36. The first-order valence-electron chi connectivity index (χ1n) is 11.6. The number of para-hydroxylation sites is 1. The lowest BCUT2D eigenvalue weighted by Crippen LogP contribution is -2.45. The van der Waals surface area contributed by atoms with E-state index < -0.39 is 0 Å². The maximum atomic E-state index is 13.3. The Morgan fingerprint density at radius 2 is 1.73 bits per heavy atom. The molecule has 0 radical (unpaired) electrons. The molecule has 30 heavy (non-hydrogen) atoms. The summed E-state index contributed by atoms with van der Waals surface area (Å²) in [5.41, 5.74) is 0.778. The minimum atomic E-state index is 0.0467. The van der Waals surface area contributed by atoms with Gasteiger partial charge in [-0.05, 0) is 49.7 Å². The standard InChI is InChI=1S/C24H31N3O2S/c28-22(26-14-13-17-7-1-2-8-18(17)15-26)16-30-24-25-21-12-6-5-11-20(21)23(29)27(24)19-9-3-4-10-19/h5-6,11-12,17-19H,1-4,7-10,13-16H2/t17-,18+/m1/s1. The minimum absolute atomic E-state index is 0.0467. The summed E-state index contributed by atoms with van der Waals surface area (Å²) in [5.74, 6) is 2.08. The Labute approximate surface area is 182 Å². The van der Waals surface area contributed by atoms with Crippen LogP contribution in [0.3, 0.4) is 0 Å². The van der Waals surface area contributed by atoms with Gasteiger partial charge in [0.1, 0.15) is 0 Å². The van der Waals surface area contributed by atoms with Crippen molar-refractivity contribution in [1.29, 1.82) is 0 Å². The van der Waals surface area contributed by atoms with E-state index in [0.717, 1.165) is 56.6 Å². The number of carbonyl (C=O) groups is 1. The van der Waals surface area contributed by atoms with Crippen molar-refractivity contribution >= 4 is 28.6 Å². The van der Waals surface area contributed by atoms with Crippen LogP contribution in [0.1, 0.15) is 63.8 Å². The summed E-state index contributed by atoms with van der Waals surface area (Å²) in [6.45, 7) is 1.81. The molecule has 1 aliphatic heterocycles. The Hall–Kier alpha value is -1.82. The van der Waals surface area contributed by atoms with Gasteiger partial charge in [-0.1, -0.05) is 56.0 Å². The number of nitrogens with zero attached hydrogens (tertiary/aromatic N) is 3. The van der Waals surface area contributed by atoms with E-state index in [1.165, 1.54) is 37.4 Å². The number of likely N-dealkylation sites (tertiary alicyclic amines) is 1. The van der Waals surface area contributed by atoms with E-state index in [2.05, 4.69) is 4.90 Å². The summed E-state index contributed by atoms with van der Waals surface area (Å²) in [6, 6.07) is 7.79. The average Bonchev–Trinajstić information content (AvgIpc) is 3.31. The summed E-state index contributed by atoms with van der Waals surface area (Å²) < 4.78 is 1.89. The number of aromatic nitrogens is 2. The van der Waals surface area contributed by atoms with Crippen LogP contribution in [0, 0.1) is 11.8 Å². The zero-order valence-electron chi connectivity index (χ0n) is 17.6. The van der Waals surface area contributed by atoms with Crippen molar-refractivity contribution in [1.82, 2.24) is 14.5 Å². The third-order valence-corrected chi connectivity index (χ3v) is 8.37. The number of thioether (sulfide) groups is 1. The number of benzene rings is 1. The van der Waals surface area contributed by atoms with E-state index in [1.54, 1.807) is 0 Å². The number of rotatable bonds is 4. The van der Waals surface area contributed by atoms with Crippen molar-refractivity contribution in [2.75, 3.05) is 18.8 Å². The van der Waals surface area contributed by atoms with Gasteiger partial charge < -0.3 is 4.90 Å². The third kappa shape index (κ3) is 3.91. The Bertz CT molecular complexity index is 982. The van der Waals surface area contributed by atoms with Crippen LogP contribution in [0.4, 0.5) is 0 Å². The molecule has 5 rings (SSSR count). The lowest BCUT2D eigenvalue weighted by atomic mass is 9.75. The Morgan fingerprint density at radius 3 is 2.57 bits per heavy atom. The average molecular weight is 426 g/mol. The molecule has 6 heteroatoms. The SMILES string of the molecule is O=C(CSc1nc2ccccc2c(=O)n1C1CCCC1)N1CC[C@H]2CCCC[C@H]2C1. The van der Waals surface area contributed by atoms with E-state index in [4.69, 9.17) is 4.98 Å². The fraction of sp³-hybridized carbons (Fsp3) is 0.625. The quantitative estimate of drug-likeness (QED) is 0.529. The molecule has 0 bridgehead atoms. The molecular weight excluding hydrogens is 394 g/mol. The zero-order valence-corrected chi connectivity index (χ0v) is 18.4. The molecule has 0 unspecified atom stereocenters. The maximum absolute atomic E-state index is 13.3. The van der Waals surface area contributed by atoms with Crippen LogP contribution in [0.25, 0.3) is 10.9 Å². The molecule has 3 fully saturated rings. The Balaban J connectivity index is 1.35. The Morgan fingerprint density at radius 1 is 1.00 bits per heavy atom. The highest BCUT2D eigenvalue weighted by atomic mass is 32.2. The number of hydrogen-bond donors (Lipinski definition) is 0. The molecule has 2 heterocycles. The van der Waals surface area contributed by atoms with Crippen molar-refractivity contribution < 1.29 is 4.79 Å². The summed E-state index contributed by atoms with van der Waals surface area (Å²) in [4.78, 5) is 33.2. The first-order chi connectivity index (χ1) is 14.7. The van der Waals surface area contributed by atoms with Crippen LogP contribution >= 0.6 is 11.8 Å². The summed E-state index contributed by atoms with van der Waals surface area (Å²) in [7, 11) is 0. The molecule has 1 aromatic carbocycles. The number of fused-ring (bicyclic) bond motifs is 2. The number of hydrogen-bond acceptors (Lipinski definition) is 4. The van der Waals surface area contributed by atoms with Crippen molar-refractivity contribution in [3.63, 3.8) is 0 Å². The first kappa shape index (κ1) is 20.1. The van der Waals surface area contributed by atoms with Gasteiger partial charge in [-0.15, -0.1) is 0 Å². The predicted octanol–water partition coefficient (Wildman–Crippen LogP) is 4.64. The highest BCUT2D eigenvalue weighted by molar-refractivity contribution is 7.99. The van der Waals surface area contributed by atoms with Gasteiger partial charge >= 0.3 is 0 Å². The third-order valence-electron chi connectivity index (χ3n) is 7.43. The van der Waals surface area contributed by atoms with Gasteiger partial charge in [0.15, 0.2) is 5.16 Å². The predicted molar refractivity (Wildman–Crippen MR) is 121 cm³/mol. The van der Waals surface area contributed by atoms with E-state index in [0.29, 0.717) is 22.2 Å². The fourth-order valence-electron chi connectivity index (χ4n) is 5.76. The van der Waals surface area contributed by atoms with Crippen LogP contribution in [0.5, 0.6) is 0 Å². The van der Waals surface area contributed by atoms with Crippen LogP contribution in [-0.4, -0.2) is 39.2 Å². The van der Waals surface area contributed by atoms with Gasteiger partial charge in [-0.3, -0.25) is 14.2 Å². The molecule has 2 saturated carbocycles. The second-order valence-corrected chi connectivity index (χ2v) is 10.2. The zero-order chi connectivity index (χ0) is 20.5. The smallest absolute Gasteiger partial charge is 0.262 e. The van der Waals surface area contributed by atoms with Gasteiger partial charge in [-0.25, -0.2) is 4.98 Å². The molecule has 2 atom stereocenters. The lowest BCUT2D eigenvalue weighted by Gasteiger charge is -2.41. The first-order valence-corrected chi connectivity index (χ1v) is 12.6. The molecule has 0 spiro atoms. The minimum Gasteiger partial charge on any atom is -0.342 e. The molecule has 160 valence electrons. The lowest BCUT2D eigenvalue weighted by molar-refractivity contribution is -0.131. The van der Waals surface area contributed by atoms with Gasteiger partial charge in [0.25, 0.3) is 5.56 Å². The molecule has 1 aromatic heterocycles. The van der Waals surface area contributed by atoms with Crippen molar-refractivity contribution in [3.8, 4) is 0 Å². The monoisotopic (exact) mass is 425 g/mol. The molecule has 2 aromatic rings.